The first-order valence-corrected chi connectivity index (χ1v) is 22.8. The Morgan fingerprint density at radius 2 is 1.70 bits per heavy atom. The number of aliphatic carboxylic acids is 1. The molecule has 6 aliphatic carbocycles. The summed E-state index contributed by atoms with van der Waals surface area (Å²) in [5.41, 5.74) is 4.49. The van der Waals surface area contributed by atoms with Crippen LogP contribution in [-0.2, 0) is 4.79 Å². The molecule has 1 aromatic heterocycles. The van der Waals surface area contributed by atoms with Crippen LogP contribution < -0.4 is 10.1 Å². The zero-order chi connectivity index (χ0) is 40.1. The third-order valence-corrected chi connectivity index (χ3v) is 18.1. The van der Waals surface area contributed by atoms with Gasteiger partial charge in [-0.15, -0.1) is 5.10 Å². The van der Waals surface area contributed by atoms with Crippen molar-refractivity contribution in [2.45, 2.75) is 151 Å². The Morgan fingerprint density at radius 1 is 0.929 bits per heavy atom. The van der Waals surface area contributed by atoms with Gasteiger partial charge >= 0.3 is 5.97 Å². The molecule has 7 nitrogen and oxygen atoms in total. The van der Waals surface area contributed by atoms with Crippen LogP contribution in [0.5, 0.6) is 5.88 Å². The molecule has 1 unspecified atom stereocenters. The van der Waals surface area contributed by atoms with Gasteiger partial charge in [0.25, 0.3) is 0 Å². The van der Waals surface area contributed by atoms with Gasteiger partial charge in [-0.25, -0.2) is 0 Å². The summed E-state index contributed by atoms with van der Waals surface area (Å²) in [6, 6.07) is 3.51. The second kappa shape index (κ2) is 15.6. The molecule has 310 valence electrons. The second-order valence-corrected chi connectivity index (χ2v) is 21.0. The number of carbonyl (C=O) groups is 1. The van der Waals surface area contributed by atoms with Crippen molar-refractivity contribution in [1.82, 2.24) is 20.4 Å². The molecule has 0 radical (unpaired) electrons. The number of nitrogens with one attached hydrogen (secondary N) is 1. The van der Waals surface area contributed by atoms with Crippen molar-refractivity contribution in [2.75, 3.05) is 32.8 Å². The fourth-order valence-corrected chi connectivity index (χ4v) is 15.1. The van der Waals surface area contributed by atoms with Gasteiger partial charge in [-0.05, 0) is 178 Å². The van der Waals surface area contributed by atoms with Gasteiger partial charge in [0.15, 0.2) is 0 Å². The van der Waals surface area contributed by atoms with Gasteiger partial charge in [0.05, 0.1) is 0 Å². The largest absolute Gasteiger partial charge is 0.481 e. The molecule has 6 aliphatic rings. The predicted molar refractivity (Wildman–Crippen MR) is 227 cm³/mol. The third kappa shape index (κ3) is 6.75. The summed E-state index contributed by atoms with van der Waals surface area (Å²) >= 11 is 0. The predicted octanol–water partition coefficient (Wildman–Crippen LogP) is 10.7. The highest BCUT2D eigenvalue weighted by Gasteiger charge is 2.70. The first-order chi connectivity index (χ1) is 26.6. The van der Waals surface area contributed by atoms with Crippen LogP contribution in [0.15, 0.2) is 53.8 Å². The first kappa shape index (κ1) is 41.6. The molecule has 0 spiro atoms. The molecule has 0 bridgehead atoms. The van der Waals surface area contributed by atoms with E-state index in [2.05, 4.69) is 94.5 Å². The molecular weight excluding hydrogens is 693 g/mol. The molecule has 0 saturated heterocycles. The highest BCUT2D eigenvalue weighted by molar-refractivity contribution is 5.75. The Bertz CT molecular complexity index is 1670. The van der Waals surface area contributed by atoms with Crippen LogP contribution in [0.2, 0.25) is 0 Å². The van der Waals surface area contributed by atoms with E-state index in [1.807, 2.05) is 0 Å². The molecule has 4 saturated carbocycles. The summed E-state index contributed by atoms with van der Waals surface area (Å²) in [5.74, 6) is 2.95. The molecule has 0 amide bonds. The lowest BCUT2D eigenvalue weighted by atomic mass is 9.33. The van der Waals surface area contributed by atoms with E-state index in [0.717, 1.165) is 31.8 Å². The SMILES string of the molecule is C=C(C)[C@@H]1CC[C@]2(NCCN(CCC)CCC)CC[C@]3(C)[C@H](CC[C@@H]4[C@@]5(C)CC=C(C6=CCC(COc7cccnn7)(C(=O)O)CC6)C(C)(C)[C@@H]5CC[C@]43C)[C@@H]12. The Balaban J connectivity index is 1.11. The maximum Gasteiger partial charge on any atom is 0.313 e. The number of fused-ring (bicyclic) bond motifs is 7. The minimum Gasteiger partial charge on any atom is -0.481 e. The highest BCUT2D eigenvalue weighted by Crippen LogP contribution is 2.76. The second-order valence-electron chi connectivity index (χ2n) is 21.0. The molecule has 1 aromatic rings. The van der Waals surface area contributed by atoms with Crippen molar-refractivity contribution in [1.29, 1.82) is 0 Å². The van der Waals surface area contributed by atoms with Gasteiger partial charge in [-0.1, -0.05) is 72.8 Å². The van der Waals surface area contributed by atoms with E-state index in [1.54, 1.807) is 18.3 Å². The van der Waals surface area contributed by atoms with Crippen LogP contribution in [0, 0.1) is 56.7 Å². The van der Waals surface area contributed by atoms with Gasteiger partial charge in [0.2, 0.25) is 5.88 Å². The Hall–Kier alpha value is -2.51. The quantitative estimate of drug-likeness (QED) is 0.182. The zero-order valence-electron chi connectivity index (χ0n) is 36.5. The molecule has 7 heteroatoms. The lowest BCUT2D eigenvalue weighted by molar-refractivity contribution is -0.221. The monoisotopic (exact) mass is 769 g/mol. The fourth-order valence-electron chi connectivity index (χ4n) is 15.1. The van der Waals surface area contributed by atoms with Gasteiger partial charge in [0, 0.05) is 30.9 Å². The van der Waals surface area contributed by atoms with E-state index in [4.69, 9.17) is 4.74 Å². The average Bonchev–Trinajstić information content (AvgIpc) is 3.55. The number of carboxylic acid groups (broad SMARTS) is 1. The summed E-state index contributed by atoms with van der Waals surface area (Å²) in [5, 5.41) is 22.7. The van der Waals surface area contributed by atoms with Crippen molar-refractivity contribution in [3.63, 3.8) is 0 Å². The smallest absolute Gasteiger partial charge is 0.313 e. The molecule has 56 heavy (non-hydrogen) atoms. The van der Waals surface area contributed by atoms with Crippen LogP contribution in [0.3, 0.4) is 0 Å². The number of aromatic nitrogens is 2. The third-order valence-electron chi connectivity index (χ3n) is 18.1. The minimum atomic E-state index is -0.949. The van der Waals surface area contributed by atoms with E-state index < -0.39 is 11.4 Å². The zero-order valence-corrected chi connectivity index (χ0v) is 36.5. The maximum atomic E-state index is 12.7. The Morgan fingerprint density at radius 3 is 2.34 bits per heavy atom. The van der Waals surface area contributed by atoms with Gasteiger partial charge in [-0.2, -0.15) is 5.10 Å². The number of hydrogen-bond acceptors (Lipinski definition) is 6. The summed E-state index contributed by atoms with van der Waals surface area (Å²) in [6.07, 6.45) is 22.4. The van der Waals surface area contributed by atoms with Crippen LogP contribution in [-0.4, -0.2) is 64.5 Å². The van der Waals surface area contributed by atoms with Crippen LogP contribution >= 0.6 is 0 Å². The van der Waals surface area contributed by atoms with Crippen molar-refractivity contribution in [2.24, 2.45) is 56.7 Å². The summed E-state index contributed by atoms with van der Waals surface area (Å²) in [6.45, 7) is 29.7. The number of nitrogens with zero attached hydrogens (tertiary/aromatic N) is 3. The number of ether oxygens (including phenoxy) is 1. The van der Waals surface area contributed by atoms with E-state index in [9.17, 15) is 9.90 Å². The molecule has 7 rings (SSSR count). The topological polar surface area (TPSA) is 87.6 Å². The Kier molecular flexibility index (Phi) is 11.6. The first-order valence-electron chi connectivity index (χ1n) is 22.8. The van der Waals surface area contributed by atoms with E-state index in [1.165, 1.54) is 94.0 Å². The fraction of sp³-hybridized carbons (Fsp3) is 0.776. The highest BCUT2D eigenvalue weighted by atomic mass is 16.5. The summed E-state index contributed by atoms with van der Waals surface area (Å²) < 4.78 is 5.90. The molecule has 0 aromatic carbocycles. The number of carboxylic acids is 1. The number of rotatable bonds is 14. The summed E-state index contributed by atoms with van der Waals surface area (Å²) in [7, 11) is 0. The Labute approximate surface area is 340 Å². The van der Waals surface area contributed by atoms with E-state index in [-0.39, 0.29) is 23.0 Å². The average molecular weight is 769 g/mol. The molecular formula is C49H76N4O3. The lowest BCUT2D eigenvalue weighted by Gasteiger charge is -2.72. The lowest BCUT2D eigenvalue weighted by Crippen LogP contribution is -2.68. The molecule has 10 atom stereocenters. The van der Waals surface area contributed by atoms with Gasteiger partial charge in [-0.3, -0.25) is 4.79 Å². The molecule has 0 aliphatic heterocycles. The molecule has 1 heterocycles. The van der Waals surface area contributed by atoms with E-state index >= 15 is 0 Å². The van der Waals surface area contributed by atoms with Gasteiger partial charge < -0.3 is 20.1 Å². The van der Waals surface area contributed by atoms with Crippen molar-refractivity contribution < 1.29 is 14.6 Å². The standard InChI is InChI=1S/C49H76N4O3/c1-10-30-53(31-11-2)32-29-50-49-25-18-36(34(3)4)42(49)38-14-15-40-45(7)21-19-37(44(5,6)39(45)20-22-47(40,9)46(38,8)26-27-49)35-16-23-48(24-17-35,43(54)55)33-56-41-13-12-28-51-52-41/h12-13,16,19,28,36,38-40,42,50H,3,10-11,14-15,17-18,20-27,29-33H2,1-2,4-9H3,(H,54,55)/t36-,38+,39-,40+,42+,45-,46+,47+,48?,49-/m0/s1. The number of hydrogen-bond donors (Lipinski definition) is 2. The molecule has 4 fully saturated rings. The van der Waals surface area contributed by atoms with Crippen molar-refractivity contribution in [3.05, 3.63) is 53.8 Å². The summed E-state index contributed by atoms with van der Waals surface area (Å²) in [4.78, 5) is 15.4. The normalized spacial score (nSPS) is 40.1. The van der Waals surface area contributed by atoms with E-state index in [0.29, 0.717) is 53.2 Å². The van der Waals surface area contributed by atoms with Crippen molar-refractivity contribution >= 4 is 5.97 Å². The van der Waals surface area contributed by atoms with Crippen LogP contribution in [0.1, 0.15) is 145 Å². The number of allylic oxidation sites excluding steroid dienone is 5. The van der Waals surface area contributed by atoms with Crippen molar-refractivity contribution in [3.8, 4) is 5.88 Å². The minimum absolute atomic E-state index is 0.0306. The van der Waals surface area contributed by atoms with Crippen LogP contribution in [0.4, 0.5) is 0 Å². The van der Waals surface area contributed by atoms with Crippen LogP contribution in [0.25, 0.3) is 0 Å². The van der Waals surface area contributed by atoms with Gasteiger partial charge in [0.1, 0.15) is 12.0 Å². The maximum absolute atomic E-state index is 12.7. The molecule has 2 N–H and O–H groups in total.